The van der Waals surface area contributed by atoms with Crippen LogP contribution >= 0.6 is 0 Å². The van der Waals surface area contributed by atoms with Crippen molar-refractivity contribution >= 4 is 5.91 Å². The fraction of sp³-hybridized carbons (Fsp3) is 0.474. The lowest BCUT2D eigenvalue weighted by molar-refractivity contribution is 0.0347. The number of halogens is 1. The van der Waals surface area contributed by atoms with Gasteiger partial charge in [-0.2, -0.15) is 0 Å². The van der Waals surface area contributed by atoms with Gasteiger partial charge in [-0.25, -0.2) is 4.39 Å². The Morgan fingerprint density at radius 1 is 1.42 bits per heavy atom. The molecule has 0 radical (unpaired) electrons. The fourth-order valence-electron chi connectivity index (χ4n) is 3.25. The molecule has 1 aliphatic rings. The second-order valence-corrected chi connectivity index (χ2v) is 6.94. The van der Waals surface area contributed by atoms with Gasteiger partial charge in [0.05, 0.1) is 17.8 Å². The minimum absolute atomic E-state index is 0.262. The Morgan fingerprint density at radius 2 is 2.19 bits per heavy atom. The summed E-state index contributed by atoms with van der Waals surface area (Å²) in [4.78, 5) is 14.4. The van der Waals surface area contributed by atoms with Crippen LogP contribution in [0, 0.1) is 26.6 Å². The molecule has 0 bridgehead atoms. The van der Waals surface area contributed by atoms with E-state index in [2.05, 4.69) is 15.4 Å². The number of β-amino-alcohol motifs (C(OH)–C–C–N with tert-alkyl or cyclic N) is 1. The fourth-order valence-corrected chi connectivity index (χ4v) is 3.25. The summed E-state index contributed by atoms with van der Waals surface area (Å²) in [7, 11) is 0. The zero-order valence-electron chi connectivity index (χ0n) is 15.3. The van der Waals surface area contributed by atoms with Crippen LogP contribution in [0.1, 0.15) is 39.4 Å². The molecule has 26 heavy (non-hydrogen) atoms. The van der Waals surface area contributed by atoms with Crippen LogP contribution in [0.5, 0.6) is 0 Å². The van der Waals surface area contributed by atoms with Crippen molar-refractivity contribution in [2.45, 2.75) is 45.9 Å². The predicted molar refractivity (Wildman–Crippen MR) is 94.3 cm³/mol. The zero-order chi connectivity index (χ0) is 18.8. The Morgan fingerprint density at radius 3 is 2.81 bits per heavy atom. The molecule has 2 heterocycles. The second-order valence-electron chi connectivity index (χ2n) is 6.94. The van der Waals surface area contributed by atoms with Crippen LogP contribution in [-0.4, -0.2) is 46.3 Å². The van der Waals surface area contributed by atoms with Crippen molar-refractivity contribution in [3.05, 3.63) is 52.2 Å². The third-order valence-corrected chi connectivity index (χ3v) is 4.98. The highest BCUT2D eigenvalue weighted by atomic mass is 19.1. The van der Waals surface area contributed by atoms with Crippen LogP contribution in [-0.2, 0) is 6.54 Å². The van der Waals surface area contributed by atoms with Gasteiger partial charge in [0, 0.05) is 30.8 Å². The first-order valence-corrected chi connectivity index (χ1v) is 8.74. The van der Waals surface area contributed by atoms with Gasteiger partial charge in [0.15, 0.2) is 0 Å². The number of hydrogen-bond donors (Lipinski definition) is 2. The molecular weight excluding hydrogens is 337 g/mol. The topological polar surface area (TPSA) is 78.6 Å². The van der Waals surface area contributed by atoms with E-state index >= 15 is 0 Å². The average molecular weight is 361 g/mol. The molecule has 2 atom stereocenters. The van der Waals surface area contributed by atoms with Crippen LogP contribution in [0.2, 0.25) is 0 Å². The normalized spacial score (nSPS) is 21.0. The summed E-state index contributed by atoms with van der Waals surface area (Å²) < 4.78 is 18.8. The van der Waals surface area contributed by atoms with E-state index in [1.54, 1.807) is 19.1 Å². The number of rotatable bonds is 4. The average Bonchev–Trinajstić information content (AvgIpc) is 2.91. The van der Waals surface area contributed by atoms with E-state index in [-0.39, 0.29) is 17.5 Å². The van der Waals surface area contributed by atoms with Gasteiger partial charge in [0.1, 0.15) is 11.6 Å². The smallest absolute Gasteiger partial charge is 0.251 e. The van der Waals surface area contributed by atoms with Gasteiger partial charge in [-0.1, -0.05) is 11.2 Å². The molecule has 0 spiro atoms. The standard InChI is InChI=1S/C19H24FN3O3/c1-11-4-5-14(8-16(11)20)19(25)21-17-6-7-23(10-18(17)24)9-15-12(2)22-26-13(15)3/h4-5,8,17-18,24H,6-7,9-10H2,1-3H3,(H,21,25)/t17-,18-/m1/s1. The summed E-state index contributed by atoms with van der Waals surface area (Å²) in [5.41, 5.74) is 2.65. The molecule has 0 saturated carbocycles. The number of aliphatic hydroxyl groups is 1. The van der Waals surface area contributed by atoms with Crippen molar-refractivity contribution in [1.82, 2.24) is 15.4 Å². The summed E-state index contributed by atoms with van der Waals surface area (Å²) in [5, 5.41) is 17.2. The number of amides is 1. The van der Waals surface area contributed by atoms with E-state index < -0.39 is 11.9 Å². The monoisotopic (exact) mass is 361 g/mol. The molecule has 1 saturated heterocycles. The van der Waals surface area contributed by atoms with Crippen molar-refractivity contribution in [3.8, 4) is 0 Å². The molecule has 1 aromatic heterocycles. The lowest BCUT2D eigenvalue weighted by Gasteiger charge is -2.36. The number of nitrogens with zero attached hydrogens (tertiary/aromatic N) is 2. The van der Waals surface area contributed by atoms with E-state index in [1.807, 2.05) is 13.8 Å². The maximum Gasteiger partial charge on any atom is 0.251 e. The molecule has 2 aromatic rings. The first kappa shape index (κ1) is 18.5. The number of carbonyl (C=O) groups excluding carboxylic acids is 1. The number of benzene rings is 1. The zero-order valence-corrected chi connectivity index (χ0v) is 15.3. The van der Waals surface area contributed by atoms with Gasteiger partial charge in [0.25, 0.3) is 5.91 Å². The highest BCUT2D eigenvalue weighted by molar-refractivity contribution is 5.94. The minimum Gasteiger partial charge on any atom is -0.390 e. The number of nitrogens with one attached hydrogen (secondary N) is 1. The van der Waals surface area contributed by atoms with Crippen molar-refractivity contribution in [1.29, 1.82) is 0 Å². The van der Waals surface area contributed by atoms with E-state index in [9.17, 15) is 14.3 Å². The van der Waals surface area contributed by atoms with Gasteiger partial charge in [-0.05, 0) is 44.9 Å². The molecule has 0 aliphatic carbocycles. The third kappa shape index (κ3) is 3.94. The van der Waals surface area contributed by atoms with Crippen molar-refractivity contribution in [3.63, 3.8) is 0 Å². The molecule has 6 nitrogen and oxygen atoms in total. The number of aromatic nitrogens is 1. The molecule has 1 fully saturated rings. The van der Waals surface area contributed by atoms with Crippen molar-refractivity contribution < 1.29 is 18.8 Å². The van der Waals surface area contributed by atoms with Gasteiger partial charge >= 0.3 is 0 Å². The number of carbonyl (C=O) groups is 1. The highest BCUT2D eigenvalue weighted by Gasteiger charge is 2.30. The quantitative estimate of drug-likeness (QED) is 0.872. The Bertz CT molecular complexity index is 786. The Kier molecular flexibility index (Phi) is 5.38. The number of hydrogen-bond acceptors (Lipinski definition) is 5. The number of likely N-dealkylation sites (tertiary alicyclic amines) is 1. The first-order chi connectivity index (χ1) is 12.3. The Hall–Kier alpha value is -2.25. The molecule has 7 heteroatoms. The maximum atomic E-state index is 13.6. The van der Waals surface area contributed by atoms with E-state index in [0.717, 1.165) is 23.6 Å². The number of piperidine rings is 1. The lowest BCUT2D eigenvalue weighted by Crippen LogP contribution is -2.53. The van der Waals surface area contributed by atoms with E-state index in [4.69, 9.17) is 4.52 Å². The highest BCUT2D eigenvalue weighted by Crippen LogP contribution is 2.19. The largest absolute Gasteiger partial charge is 0.390 e. The molecule has 3 rings (SSSR count). The van der Waals surface area contributed by atoms with Crippen LogP contribution in [0.15, 0.2) is 22.7 Å². The maximum absolute atomic E-state index is 13.6. The van der Waals surface area contributed by atoms with Crippen LogP contribution in [0.25, 0.3) is 0 Å². The summed E-state index contributed by atoms with van der Waals surface area (Å²) in [6.07, 6.45) is -0.0755. The van der Waals surface area contributed by atoms with Gasteiger partial charge in [-0.15, -0.1) is 0 Å². The molecule has 1 aromatic carbocycles. The molecule has 1 amide bonds. The van der Waals surface area contributed by atoms with Gasteiger partial charge in [0.2, 0.25) is 0 Å². The summed E-state index contributed by atoms with van der Waals surface area (Å²) in [6.45, 7) is 7.25. The van der Waals surface area contributed by atoms with Crippen LogP contribution in [0.3, 0.4) is 0 Å². The van der Waals surface area contributed by atoms with E-state index in [0.29, 0.717) is 25.1 Å². The molecule has 0 unspecified atom stereocenters. The summed E-state index contributed by atoms with van der Waals surface area (Å²) in [6, 6.07) is 4.04. The number of aryl methyl sites for hydroxylation is 3. The van der Waals surface area contributed by atoms with Gasteiger partial charge in [-0.3, -0.25) is 9.69 Å². The van der Waals surface area contributed by atoms with Gasteiger partial charge < -0.3 is 14.9 Å². The Labute approximate surface area is 152 Å². The molecule has 2 N–H and O–H groups in total. The SMILES string of the molecule is Cc1ccc(C(=O)N[C@@H]2CCN(Cc3c(C)noc3C)C[C@H]2O)cc1F. The predicted octanol–water partition coefficient (Wildman–Crippen LogP) is 2.10. The number of aliphatic hydroxyl groups excluding tert-OH is 1. The molecule has 1 aliphatic heterocycles. The molecule has 140 valence electrons. The Balaban J connectivity index is 1.58. The molecular formula is C19H24FN3O3. The van der Waals surface area contributed by atoms with Crippen molar-refractivity contribution in [2.75, 3.05) is 13.1 Å². The summed E-state index contributed by atoms with van der Waals surface area (Å²) in [5.74, 6) is 0.00779. The first-order valence-electron chi connectivity index (χ1n) is 8.74. The minimum atomic E-state index is -0.691. The van der Waals surface area contributed by atoms with Crippen molar-refractivity contribution in [2.24, 2.45) is 0 Å². The van der Waals surface area contributed by atoms with E-state index in [1.165, 1.54) is 6.07 Å². The third-order valence-electron chi connectivity index (χ3n) is 4.98. The van der Waals surface area contributed by atoms with Crippen LogP contribution in [0.4, 0.5) is 4.39 Å². The summed E-state index contributed by atoms with van der Waals surface area (Å²) >= 11 is 0. The lowest BCUT2D eigenvalue weighted by atomic mass is 10.00. The second kappa shape index (κ2) is 7.55. The van der Waals surface area contributed by atoms with Crippen LogP contribution < -0.4 is 5.32 Å².